The number of carbonyl (C=O) groups is 8. The van der Waals surface area contributed by atoms with Gasteiger partial charge < -0.3 is 58.8 Å². The van der Waals surface area contributed by atoms with E-state index in [2.05, 4.69) is 52.2 Å². The van der Waals surface area contributed by atoms with Crippen molar-refractivity contribution in [3.8, 4) is 0 Å². The quantitative estimate of drug-likeness (QED) is 0.0283. The van der Waals surface area contributed by atoms with E-state index in [0.29, 0.717) is 12.1 Å². The van der Waals surface area contributed by atoms with Gasteiger partial charge >= 0.3 is 5.97 Å². The monoisotopic (exact) mass is 820 g/mol. The van der Waals surface area contributed by atoms with Gasteiger partial charge in [-0.1, -0.05) is 41.5 Å². The summed E-state index contributed by atoms with van der Waals surface area (Å²) in [4.78, 5) is 114. The van der Waals surface area contributed by atoms with Crippen LogP contribution in [-0.2, 0) is 44.8 Å². The number of aliphatic imine (C=N–C) groups is 1. The van der Waals surface area contributed by atoms with Crippen LogP contribution in [-0.4, -0.2) is 118 Å². The molecule has 1 aromatic heterocycles. The summed E-state index contributed by atoms with van der Waals surface area (Å²) in [6, 6.07) is -6.77. The first kappa shape index (κ1) is 50.3. The smallest absolute Gasteiger partial charge is 0.326 e. The molecular weight excluding hydrogens is 756 g/mol. The number of aromatic amines is 1. The van der Waals surface area contributed by atoms with E-state index in [1.807, 2.05) is 41.5 Å². The molecule has 0 aromatic carbocycles. The molecule has 0 fully saturated rings. The Morgan fingerprint density at radius 2 is 1.19 bits per heavy atom. The van der Waals surface area contributed by atoms with E-state index in [1.54, 1.807) is 0 Å². The molecule has 6 atom stereocenters. The van der Waals surface area contributed by atoms with Crippen LogP contribution in [0.15, 0.2) is 17.5 Å². The molecule has 0 aliphatic heterocycles. The van der Waals surface area contributed by atoms with Crippen molar-refractivity contribution in [2.24, 2.45) is 34.2 Å². The predicted octanol–water partition coefficient (Wildman–Crippen LogP) is -1.71. The Kier molecular flexibility index (Phi) is 22.1. The molecule has 21 heteroatoms. The standard InChI is InChI=1S/C37H64N12O9/c1-19(2)12-26(48-35(56)29(15-24-16-40-18-43-24)49-34(55)27(13-20(3)4)45-23(8)50)32(53)42-17-30(51)46-28(14-21(5)6)33(54)44-22(7)31(52)47-25(36(57)58)10-9-11-41-37(38)39/h16,18-22,25-29H,9-15,17H2,1-8H3,(H,40,43)(H,42,53)(H,44,54)(H,45,50)(H,46,51)(H,47,52)(H,48,56)(H,49,55)(H,57,58)(H4,38,39,41)/t22-,25-,26-,27-,28-,29-/m0/s1. The summed E-state index contributed by atoms with van der Waals surface area (Å²) in [7, 11) is 0. The number of carbonyl (C=O) groups excluding carboxylic acids is 7. The lowest BCUT2D eigenvalue weighted by Gasteiger charge is -2.26. The molecule has 0 spiro atoms. The Hall–Kier alpha value is -5.76. The van der Waals surface area contributed by atoms with E-state index >= 15 is 0 Å². The molecule has 21 nitrogen and oxygen atoms in total. The van der Waals surface area contributed by atoms with Crippen molar-refractivity contribution in [1.82, 2.24) is 47.2 Å². The Bertz CT molecular complexity index is 1560. The maximum absolute atomic E-state index is 13.7. The SMILES string of the molecule is CC(=O)N[C@@H](CC(C)C)C(=O)N[C@@H](Cc1cnc[nH]1)C(=O)N[C@@H](CC(C)C)C(=O)NCC(=O)N[C@@H](CC(C)C)C(=O)N[C@@H](C)C(=O)N[C@@H](CCCN=C(N)N)C(=O)O. The number of nitrogens with one attached hydrogen (secondary N) is 8. The highest BCUT2D eigenvalue weighted by Crippen LogP contribution is 2.10. The van der Waals surface area contributed by atoms with Gasteiger partial charge in [0.2, 0.25) is 41.4 Å². The van der Waals surface area contributed by atoms with Crippen molar-refractivity contribution in [2.45, 2.75) is 130 Å². The summed E-state index contributed by atoms with van der Waals surface area (Å²) in [6.07, 6.45) is 3.83. The van der Waals surface area contributed by atoms with Crippen molar-refractivity contribution in [3.05, 3.63) is 18.2 Å². The van der Waals surface area contributed by atoms with E-state index in [-0.39, 0.29) is 62.4 Å². The van der Waals surface area contributed by atoms with Crippen molar-refractivity contribution < 1.29 is 43.5 Å². The summed E-state index contributed by atoms with van der Waals surface area (Å²) in [5, 5.41) is 27.5. The molecule has 326 valence electrons. The van der Waals surface area contributed by atoms with Gasteiger partial charge in [0.1, 0.15) is 36.3 Å². The number of nitrogens with two attached hydrogens (primary N) is 2. The van der Waals surface area contributed by atoms with Gasteiger partial charge in [0.15, 0.2) is 5.96 Å². The number of rotatable bonds is 26. The summed E-state index contributed by atoms with van der Waals surface area (Å²) >= 11 is 0. The van der Waals surface area contributed by atoms with Crippen molar-refractivity contribution in [2.75, 3.05) is 13.1 Å². The van der Waals surface area contributed by atoms with Gasteiger partial charge in [-0.15, -0.1) is 0 Å². The van der Waals surface area contributed by atoms with Gasteiger partial charge in [-0.2, -0.15) is 0 Å². The predicted molar refractivity (Wildman–Crippen MR) is 214 cm³/mol. The van der Waals surface area contributed by atoms with Gasteiger partial charge in [-0.3, -0.25) is 38.6 Å². The van der Waals surface area contributed by atoms with E-state index in [9.17, 15) is 43.5 Å². The Balaban J connectivity index is 3.02. The van der Waals surface area contributed by atoms with Crippen LogP contribution in [0.4, 0.5) is 0 Å². The van der Waals surface area contributed by atoms with Crippen LogP contribution in [0.2, 0.25) is 0 Å². The van der Waals surface area contributed by atoms with E-state index in [1.165, 1.54) is 26.4 Å². The van der Waals surface area contributed by atoms with Crippen LogP contribution in [0.1, 0.15) is 93.2 Å². The fourth-order valence-corrected chi connectivity index (χ4v) is 5.70. The second kappa shape index (κ2) is 25.5. The molecule has 0 aliphatic carbocycles. The molecule has 0 bridgehead atoms. The Labute approximate surface area is 339 Å². The molecule has 58 heavy (non-hydrogen) atoms. The number of H-pyrrole nitrogens is 1. The first-order valence-corrected chi connectivity index (χ1v) is 19.4. The lowest BCUT2D eigenvalue weighted by Crippen LogP contribution is -2.58. The molecule has 0 aliphatic rings. The number of aliphatic carboxylic acids is 1. The number of carboxylic acids is 1. The number of nitrogens with zero attached hydrogens (tertiary/aromatic N) is 2. The average Bonchev–Trinajstić information content (AvgIpc) is 3.62. The molecule has 7 amide bonds. The van der Waals surface area contributed by atoms with Crippen LogP contribution in [0.3, 0.4) is 0 Å². The topological polar surface area (TPSA) is 334 Å². The number of amides is 7. The molecular formula is C37H64N12O9. The van der Waals surface area contributed by atoms with Crippen LogP contribution >= 0.6 is 0 Å². The number of imidazole rings is 1. The van der Waals surface area contributed by atoms with E-state index < -0.39 is 90.1 Å². The highest BCUT2D eigenvalue weighted by atomic mass is 16.4. The minimum Gasteiger partial charge on any atom is -0.480 e. The van der Waals surface area contributed by atoms with Gasteiger partial charge in [0.05, 0.1) is 12.9 Å². The highest BCUT2D eigenvalue weighted by Gasteiger charge is 2.32. The zero-order valence-corrected chi connectivity index (χ0v) is 34.8. The lowest BCUT2D eigenvalue weighted by atomic mass is 10.0. The second-order valence-electron chi connectivity index (χ2n) is 15.5. The molecule has 0 unspecified atom stereocenters. The fourth-order valence-electron chi connectivity index (χ4n) is 5.70. The third-order valence-corrected chi connectivity index (χ3v) is 8.45. The number of guanidine groups is 1. The molecule has 1 rings (SSSR count). The van der Waals surface area contributed by atoms with E-state index in [0.717, 1.165) is 0 Å². The third-order valence-electron chi connectivity index (χ3n) is 8.45. The zero-order valence-electron chi connectivity index (χ0n) is 34.8. The van der Waals surface area contributed by atoms with Gasteiger partial charge in [0.25, 0.3) is 0 Å². The van der Waals surface area contributed by atoms with Gasteiger partial charge in [-0.25, -0.2) is 9.78 Å². The molecule has 1 aromatic rings. The van der Waals surface area contributed by atoms with Gasteiger partial charge in [-0.05, 0) is 56.8 Å². The number of hydrogen-bond donors (Lipinski definition) is 11. The first-order valence-electron chi connectivity index (χ1n) is 19.4. The summed E-state index contributed by atoms with van der Waals surface area (Å²) in [5.74, 6) is -6.15. The van der Waals surface area contributed by atoms with Crippen molar-refractivity contribution in [3.63, 3.8) is 0 Å². The second-order valence-corrected chi connectivity index (χ2v) is 15.5. The highest BCUT2D eigenvalue weighted by molar-refractivity contribution is 5.96. The lowest BCUT2D eigenvalue weighted by molar-refractivity contribution is -0.142. The van der Waals surface area contributed by atoms with Crippen molar-refractivity contribution >= 4 is 53.3 Å². The molecule has 1 heterocycles. The summed E-state index contributed by atoms with van der Waals surface area (Å²) in [6.45, 7) is 13.3. The van der Waals surface area contributed by atoms with Crippen LogP contribution in [0, 0.1) is 17.8 Å². The average molecular weight is 821 g/mol. The van der Waals surface area contributed by atoms with E-state index in [4.69, 9.17) is 11.5 Å². The minimum atomic E-state index is -1.28. The first-order chi connectivity index (χ1) is 27.1. The molecule has 13 N–H and O–H groups in total. The number of hydrogen-bond acceptors (Lipinski definition) is 10. The van der Waals surface area contributed by atoms with Crippen molar-refractivity contribution in [1.29, 1.82) is 0 Å². The molecule has 0 saturated heterocycles. The minimum absolute atomic E-state index is 0.00904. The van der Waals surface area contributed by atoms with Crippen LogP contribution < -0.4 is 48.7 Å². The molecule has 0 radical (unpaired) electrons. The number of carboxylic acid groups (broad SMARTS) is 1. The Morgan fingerprint density at radius 1 is 0.690 bits per heavy atom. The third kappa shape index (κ3) is 20.4. The molecule has 0 saturated carbocycles. The largest absolute Gasteiger partial charge is 0.480 e. The summed E-state index contributed by atoms with van der Waals surface area (Å²) < 4.78 is 0. The zero-order chi connectivity index (χ0) is 44.1. The maximum atomic E-state index is 13.7. The van der Waals surface area contributed by atoms with Crippen LogP contribution in [0.5, 0.6) is 0 Å². The number of aromatic nitrogens is 2. The van der Waals surface area contributed by atoms with Crippen LogP contribution in [0.25, 0.3) is 0 Å². The maximum Gasteiger partial charge on any atom is 0.326 e. The Morgan fingerprint density at radius 3 is 1.69 bits per heavy atom. The normalized spacial score (nSPS) is 14.2. The fraction of sp³-hybridized carbons (Fsp3) is 0.676. The van der Waals surface area contributed by atoms with Gasteiger partial charge in [0, 0.05) is 31.8 Å². The summed E-state index contributed by atoms with van der Waals surface area (Å²) in [5.41, 5.74) is 11.1.